The third-order valence-electron chi connectivity index (χ3n) is 9.89. The van der Waals surface area contributed by atoms with Crippen molar-refractivity contribution < 1.29 is 34.3 Å². The highest BCUT2D eigenvalue weighted by Gasteiger charge is 2.49. The molecule has 1 saturated heterocycles. The molecule has 0 bridgehead atoms. The summed E-state index contributed by atoms with van der Waals surface area (Å²) in [7, 11) is 0. The number of aliphatic hydroxyl groups is 2. The van der Waals surface area contributed by atoms with E-state index in [1.807, 2.05) is 30.4 Å². The number of carbonyl (C=O) groups is 1. The van der Waals surface area contributed by atoms with Crippen LogP contribution in [0, 0.1) is 16.7 Å². The van der Waals surface area contributed by atoms with Gasteiger partial charge in [0.05, 0.1) is 23.3 Å². The molecule has 1 aromatic heterocycles. The molecule has 11 nitrogen and oxygen atoms in total. The molecule has 1 fully saturated rings. The number of aliphatic hydroxyl groups excluding tert-OH is 2. The van der Waals surface area contributed by atoms with Crippen molar-refractivity contribution in [1.82, 2.24) is 15.2 Å². The molecule has 0 spiro atoms. The normalized spacial score (nSPS) is 20.9. The maximum Gasteiger partial charge on any atom is 0.323 e. The zero-order chi connectivity index (χ0) is 37.3. The van der Waals surface area contributed by atoms with Gasteiger partial charge in [0.1, 0.15) is 42.4 Å². The van der Waals surface area contributed by atoms with E-state index in [0.717, 1.165) is 37.1 Å². The van der Waals surface area contributed by atoms with Crippen LogP contribution in [0.4, 0.5) is 0 Å². The van der Waals surface area contributed by atoms with Crippen LogP contribution in [-0.4, -0.2) is 88.4 Å². The van der Waals surface area contributed by atoms with Crippen molar-refractivity contribution in [2.24, 2.45) is 5.41 Å². The van der Waals surface area contributed by atoms with E-state index in [-0.39, 0.29) is 24.3 Å². The summed E-state index contributed by atoms with van der Waals surface area (Å²) in [5.74, 6) is -0.491. The van der Waals surface area contributed by atoms with E-state index in [2.05, 4.69) is 53.3 Å². The maximum atomic E-state index is 11.7. The molecule has 1 aliphatic heterocycles. The number of hydrogen-bond acceptors (Lipinski definition) is 10. The number of carboxylic acids is 1. The number of halogens is 1. The Bertz CT molecular complexity index is 1790. The van der Waals surface area contributed by atoms with E-state index in [4.69, 9.17) is 25.8 Å². The van der Waals surface area contributed by atoms with Gasteiger partial charge in [-0.25, -0.2) is 0 Å². The lowest BCUT2D eigenvalue weighted by Gasteiger charge is -2.47. The molecule has 2 heterocycles. The molecule has 3 aromatic rings. The van der Waals surface area contributed by atoms with Gasteiger partial charge >= 0.3 is 5.97 Å². The summed E-state index contributed by atoms with van der Waals surface area (Å²) in [6.45, 7) is 8.41. The fourth-order valence-electron chi connectivity index (χ4n) is 6.77. The predicted molar refractivity (Wildman–Crippen MR) is 198 cm³/mol. The first-order chi connectivity index (χ1) is 25.0. The van der Waals surface area contributed by atoms with Gasteiger partial charge in [-0.05, 0) is 49.1 Å². The van der Waals surface area contributed by atoms with Crippen molar-refractivity contribution in [3.8, 4) is 17.6 Å². The van der Waals surface area contributed by atoms with Crippen LogP contribution in [0.2, 0.25) is 5.02 Å². The van der Waals surface area contributed by atoms with E-state index < -0.39 is 35.7 Å². The van der Waals surface area contributed by atoms with E-state index in [1.54, 1.807) is 31.3 Å². The maximum absolute atomic E-state index is 11.7. The molecule has 2 aliphatic rings. The highest BCUT2D eigenvalue weighted by atomic mass is 35.5. The summed E-state index contributed by atoms with van der Waals surface area (Å²) in [6.07, 6.45) is 10.5. The zero-order valence-electron chi connectivity index (χ0n) is 29.8. The molecule has 52 heavy (non-hydrogen) atoms. The van der Waals surface area contributed by atoms with E-state index >= 15 is 0 Å². The fraction of sp³-hybridized carbons (Fsp3) is 0.425. The molecule has 3 unspecified atom stereocenters. The first kappa shape index (κ1) is 38.9. The van der Waals surface area contributed by atoms with E-state index in [1.165, 1.54) is 6.20 Å². The van der Waals surface area contributed by atoms with Gasteiger partial charge in [0.2, 0.25) is 0 Å². The first-order valence-electron chi connectivity index (χ1n) is 17.5. The second kappa shape index (κ2) is 17.5. The minimum absolute atomic E-state index is 0.0633. The molecule has 4 atom stereocenters. The average Bonchev–Trinajstić information content (AvgIpc) is 3.56. The Morgan fingerprint density at radius 2 is 1.96 bits per heavy atom. The Morgan fingerprint density at radius 3 is 2.65 bits per heavy atom. The molecule has 1 aliphatic carbocycles. The smallest absolute Gasteiger partial charge is 0.323 e. The third-order valence-corrected chi connectivity index (χ3v) is 10.2. The van der Waals surface area contributed by atoms with Crippen molar-refractivity contribution in [3.05, 3.63) is 106 Å². The van der Waals surface area contributed by atoms with Crippen molar-refractivity contribution in [1.29, 1.82) is 5.26 Å². The molecular formula is C40H47ClN4O7. The topological polar surface area (TPSA) is 157 Å². The second-order valence-electron chi connectivity index (χ2n) is 13.8. The van der Waals surface area contributed by atoms with E-state index in [9.17, 15) is 25.4 Å². The molecular weight excluding hydrogens is 684 g/mol. The molecule has 5 rings (SSSR count). The summed E-state index contributed by atoms with van der Waals surface area (Å²) >= 11 is 6.89. The van der Waals surface area contributed by atoms with Crippen LogP contribution in [0.1, 0.15) is 61.9 Å². The number of β-amino-alcohol motifs (C(OH)–C–C–N with tert-alkyl or cyclic N) is 1. The Hall–Kier alpha value is -4.28. The number of aromatic nitrogens is 1. The van der Waals surface area contributed by atoms with Crippen molar-refractivity contribution >= 4 is 23.1 Å². The van der Waals surface area contributed by atoms with Gasteiger partial charge in [-0.2, -0.15) is 5.26 Å². The van der Waals surface area contributed by atoms with Crippen molar-refractivity contribution in [2.45, 2.75) is 64.0 Å². The van der Waals surface area contributed by atoms with Gasteiger partial charge in [-0.3, -0.25) is 15.1 Å². The molecule has 4 N–H and O–H groups in total. The minimum Gasteiger partial charge on any atom is -0.488 e. The Balaban J connectivity index is 1.44. The standard InChI is InChI=1S/C40H47ClN4O7/c1-27(44-35(24-46)38(48)49)32-18-34(41)37(19-36(32)50-25-29-17-28(20-42)21-43-22-29)51-26-40(52-16-8-14-45-15-12-31(47)23-45)13-7-11-33(39(40,2)3)30-9-5-4-6-10-30/h4-7,9-11,13,17-19,21-22,27,31,35,44,46-47H,8,12,14-16,23-26H2,1-3H3,(H,48,49)/t27?,31-,35?,40?/m1/s1. The number of ether oxygens (including phenoxy) is 3. The van der Waals surface area contributed by atoms with Gasteiger partial charge < -0.3 is 34.4 Å². The number of carboxylic acid groups (broad SMARTS) is 1. The molecule has 12 heteroatoms. The quantitative estimate of drug-likeness (QED) is 0.129. The number of rotatable bonds is 17. The van der Waals surface area contributed by atoms with Crippen LogP contribution in [0.25, 0.3) is 5.57 Å². The number of benzene rings is 2. The van der Waals surface area contributed by atoms with Gasteiger partial charge in [0.25, 0.3) is 0 Å². The van der Waals surface area contributed by atoms with Crippen molar-refractivity contribution in [2.75, 3.05) is 39.5 Å². The van der Waals surface area contributed by atoms with E-state index in [0.29, 0.717) is 41.3 Å². The number of nitrogens with zero attached hydrogens (tertiary/aromatic N) is 3. The highest BCUT2D eigenvalue weighted by molar-refractivity contribution is 6.32. The molecule has 0 radical (unpaired) electrons. The molecule has 2 aromatic carbocycles. The number of pyridine rings is 1. The third kappa shape index (κ3) is 9.19. The largest absolute Gasteiger partial charge is 0.488 e. The zero-order valence-corrected chi connectivity index (χ0v) is 30.6. The van der Waals surface area contributed by atoms with Crippen LogP contribution in [0.5, 0.6) is 11.5 Å². The van der Waals surface area contributed by atoms with Crippen LogP contribution < -0.4 is 14.8 Å². The Labute approximate surface area is 310 Å². The van der Waals surface area contributed by atoms with Gasteiger partial charge in [-0.15, -0.1) is 0 Å². The lowest BCUT2D eigenvalue weighted by atomic mass is 9.65. The number of allylic oxidation sites excluding steroid dienone is 2. The first-order valence-corrected chi connectivity index (χ1v) is 17.9. The minimum atomic E-state index is -1.21. The summed E-state index contributed by atoms with van der Waals surface area (Å²) in [6, 6.07) is 15.5. The lowest BCUT2D eigenvalue weighted by Crippen LogP contribution is -2.52. The second-order valence-corrected chi connectivity index (χ2v) is 14.2. The Morgan fingerprint density at radius 1 is 1.17 bits per heavy atom. The molecule has 0 amide bonds. The Kier molecular flexibility index (Phi) is 13.1. The summed E-state index contributed by atoms with van der Waals surface area (Å²) in [5.41, 5.74) is 2.31. The van der Waals surface area contributed by atoms with Crippen molar-refractivity contribution in [3.63, 3.8) is 0 Å². The van der Waals surface area contributed by atoms with Crippen LogP contribution in [-0.2, 0) is 16.1 Å². The summed E-state index contributed by atoms with van der Waals surface area (Å²) in [4.78, 5) is 18.1. The summed E-state index contributed by atoms with van der Waals surface area (Å²) < 4.78 is 19.7. The lowest BCUT2D eigenvalue weighted by molar-refractivity contribution is -0.140. The fourth-order valence-corrected chi connectivity index (χ4v) is 6.99. The predicted octanol–water partition coefficient (Wildman–Crippen LogP) is 5.55. The molecule has 0 saturated carbocycles. The number of likely N-dealkylation sites (tertiary alicyclic amines) is 1. The van der Waals surface area contributed by atoms with Crippen LogP contribution >= 0.6 is 11.6 Å². The van der Waals surface area contributed by atoms with Crippen LogP contribution in [0.3, 0.4) is 0 Å². The SMILES string of the molecule is CC(NC(CO)C(=O)O)c1cc(Cl)c(OCC2(OCCCN3CC[C@@H](O)C3)C=CC=C(c3ccccc3)C2(C)C)cc1OCc1cncc(C#N)c1. The summed E-state index contributed by atoms with van der Waals surface area (Å²) in [5, 5.41) is 41.8. The number of nitrogens with one attached hydrogen (secondary N) is 1. The van der Waals surface area contributed by atoms with Gasteiger partial charge in [-0.1, -0.05) is 67.9 Å². The van der Waals surface area contributed by atoms with Crippen LogP contribution in [0.15, 0.2) is 79.2 Å². The molecule has 276 valence electrons. The van der Waals surface area contributed by atoms with Gasteiger partial charge in [0.15, 0.2) is 0 Å². The number of nitriles is 1. The number of aliphatic carboxylic acids is 1. The number of hydrogen-bond donors (Lipinski definition) is 4. The van der Waals surface area contributed by atoms with Gasteiger partial charge in [0, 0.05) is 67.3 Å². The highest BCUT2D eigenvalue weighted by Crippen LogP contribution is 2.49. The average molecular weight is 731 g/mol. The monoisotopic (exact) mass is 730 g/mol.